The van der Waals surface area contributed by atoms with E-state index in [4.69, 9.17) is 4.52 Å². The molecule has 0 aliphatic rings. The van der Waals surface area contributed by atoms with Gasteiger partial charge in [-0.15, -0.1) is 0 Å². The molecule has 5 rings (SSSR count). The number of carbonyl (C=O) groups excluding carboxylic acids is 1. The number of imidazole rings is 1. The lowest BCUT2D eigenvalue weighted by atomic mass is 10.2. The van der Waals surface area contributed by atoms with Crippen molar-refractivity contribution in [2.75, 3.05) is 0 Å². The highest BCUT2D eigenvalue weighted by atomic mass is 19.4. The highest BCUT2D eigenvalue weighted by molar-refractivity contribution is 6.03. The highest BCUT2D eigenvalue weighted by Crippen LogP contribution is 2.32. The molecule has 10 nitrogen and oxygen atoms in total. The Morgan fingerprint density at radius 3 is 2.85 bits per heavy atom. The maximum Gasteiger partial charge on any atom is 0.416 e. The van der Waals surface area contributed by atoms with Crippen LogP contribution in [0.4, 0.5) is 13.2 Å². The molecule has 0 radical (unpaired) electrons. The number of rotatable bonds is 4. The second-order valence-electron chi connectivity index (χ2n) is 7.35. The third-order valence-corrected chi connectivity index (χ3v) is 5.10. The van der Waals surface area contributed by atoms with Crippen molar-refractivity contribution in [1.82, 2.24) is 40.2 Å². The Balaban J connectivity index is 1.37. The van der Waals surface area contributed by atoms with Crippen molar-refractivity contribution in [2.24, 2.45) is 7.05 Å². The Kier molecular flexibility index (Phi) is 4.62. The summed E-state index contributed by atoms with van der Waals surface area (Å²) in [6.07, 6.45) is -1.67. The van der Waals surface area contributed by atoms with Gasteiger partial charge in [-0.1, -0.05) is 5.16 Å². The largest absolute Gasteiger partial charge is 0.416 e. The van der Waals surface area contributed by atoms with E-state index in [-0.39, 0.29) is 22.7 Å². The maximum atomic E-state index is 12.9. The van der Waals surface area contributed by atoms with E-state index in [1.807, 2.05) is 0 Å². The van der Waals surface area contributed by atoms with Gasteiger partial charge in [0.15, 0.2) is 17.2 Å². The number of hydrogen-bond acceptors (Lipinski definition) is 7. The molecule has 0 spiro atoms. The summed E-state index contributed by atoms with van der Waals surface area (Å²) in [4.78, 5) is 28.0. The van der Waals surface area contributed by atoms with Crippen LogP contribution >= 0.6 is 0 Å². The summed E-state index contributed by atoms with van der Waals surface area (Å²) >= 11 is 0. The number of hydrogen-bond donors (Lipinski definition) is 2. The molecule has 0 aliphatic heterocycles. The zero-order chi connectivity index (χ0) is 23.3. The minimum atomic E-state index is -4.46. The predicted molar refractivity (Wildman–Crippen MR) is 109 cm³/mol. The summed E-state index contributed by atoms with van der Waals surface area (Å²) in [5.74, 6) is 0.112. The summed E-state index contributed by atoms with van der Waals surface area (Å²) in [6.45, 7) is 1.69. The lowest BCUT2D eigenvalue weighted by Gasteiger charge is -2.10. The van der Waals surface area contributed by atoms with Crippen LogP contribution in [-0.4, -0.2) is 40.8 Å². The van der Waals surface area contributed by atoms with Gasteiger partial charge in [0.05, 0.1) is 34.2 Å². The molecule has 0 fully saturated rings. The number of H-pyrrole nitrogens is 1. The van der Waals surface area contributed by atoms with E-state index < -0.39 is 23.7 Å². The topological polar surface area (TPSA) is 127 Å². The summed E-state index contributed by atoms with van der Waals surface area (Å²) in [5, 5.41) is 11.3. The molecule has 1 amide bonds. The number of alkyl halides is 3. The summed E-state index contributed by atoms with van der Waals surface area (Å²) < 4.78 is 45.7. The van der Waals surface area contributed by atoms with E-state index >= 15 is 0 Å². The number of nitrogens with zero attached hydrogens (tertiary/aromatic N) is 6. The van der Waals surface area contributed by atoms with Crippen molar-refractivity contribution in [2.45, 2.75) is 19.1 Å². The van der Waals surface area contributed by atoms with Gasteiger partial charge in [-0.05, 0) is 25.1 Å². The van der Waals surface area contributed by atoms with E-state index in [2.05, 4.69) is 35.5 Å². The molecule has 1 aromatic carbocycles. The molecule has 0 saturated carbocycles. The number of halogens is 3. The van der Waals surface area contributed by atoms with E-state index in [9.17, 15) is 18.0 Å². The summed E-state index contributed by atoms with van der Waals surface area (Å²) in [5.41, 5.74) is 0.756. The van der Waals surface area contributed by atoms with E-state index in [0.717, 1.165) is 12.1 Å². The first-order valence-corrected chi connectivity index (χ1v) is 9.68. The molecule has 1 atom stereocenters. The van der Waals surface area contributed by atoms with Crippen molar-refractivity contribution in [1.29, 1.82) is 0 Å². The van der Waals surface area contributed by atoms with Crippen LogP contribution in [0.2, 0.25) is 0 Å². The number of nitrogens with one attached hydrogen (secondary N) is 2. The lowest BCUT2D eigenvalue weighted by molar-refractivity contribution is -0.137. The van der Waals surface area contributed by atoms with Crippen molar-refractivity contribution >= 4 is 28.0 Å². The fraction of sp³-hybridized carbons (Fsp3) is 0.200. The molecule has 0 unspecified atom stereocenters. The highest BCUT2D eigenvalue weighted by Gasteiger charge is 2.31. The minimum Gasteiger partial charge on any atom is -0.358 e. The first-order valence-electron chi connectivity index (χ1n) is 9.68. The molecule has 0 aliphatic carbocycles. The van der Waals surface area contributed by atoms with Gasteiger partial charge in [0, 0.05) is 13.1 Å². The van der Waals surface area contributed by atoms with Gasteiger partial charge in [-0.25, -0.2) is 15.0 Å². The predicted octanol–water partition coefficient (Wildman–Crippen LogP) is 3.40. The Bertz CT molecular complexity index is 1500. The zero-order valence-electron chi connectivity index (χ0n) is 17.2. The average Bonchev–Trinajstić information content (AvgIpc) is 3.50. The molecule has 4 heterocycles. The number of aryl methyl sites for hydroxylation is 1. The summed E-state index contributed by atoms with van der Waals surface area (Å²) in [6, 6.07) is 4.19. The fourth-order valence-electron chi connectivity index (χ4n) is 3.39. The third kappa shape index (κ3) is 3.66. The smallest absolute Gasteiger partial charge is 0.358 e. The number of aromatic amines is 1. The van der Waals surface area contributed by atoms with Crippen LogP contribution in [0, 0.1) is 0 Å². The number of carbonyl (C=O) groups is 1. The minimum absolute atomic E-state index is 0.164. The molecule has 0 bridgehead atoms. The molecule has 5 aromatic rings. The standard InChI is InChI=1S/C20H15F3N8O2/c1-9(27-19(32)16-11-7-26-31(2)18(11)25-8-24-16)15-6-14(30-33-15)17-28-12-4-3-10(20(21,22)23)5-13(12)29-17/h3-9H,1-2H3,(H,27,32)(H,28,29)/t9-/m1/s1. The Morgan fingerprint density at radius 1 is 1.24 bits per heavy atom. The maximum absolute atomic E-state index is 12.9. The molecule has 0 saturated heterocycles. The molecular formula is C20H15F3N8O2. The molecular weight excluding hydrogens is 441 g/mol. The van der Waals surface area contributed by atoms with Gasteiger partial charge in [0.25, 0.3) is 5.91 Å². The van der Waals surface area contributed by atoms with Crippen molar-refractivity contribution < 1.29 is 22.5 Å². The number of amides is 1. The Hall–Kier alpha value is -4.29. The second-order valence-corrected chi connectivity index (χ2v) is 7.35. The van der Waals surface area contributed by atoms with E-state index in [0.29, 0.717) is 22.3 Å². The van der Waals surface area contributed by atoms with Crippen molar-refractivity contribution in [3.05, 3.63) is 53.8 Å². The number of benzene rings is 1. The first kappa shape index (κ1) is 20.6. The van der Waals surface area contributed by atoms with Gasteiger partial charge in [-0.3, -0.25) is 9.48 Å². The van der Waals surface area contributed by atoms with Gasteiger partial charge in [0.1, 0.15) is 17.7 Å². The van der Waals surface area contributed by atoms with Crippen LogP contribution in [0.1, 0.15) is 34.8 Å². The van der Waals surface area contributed by atoms with Gasteiger partial charge in [-0.2, -0.15) is 18.3 Å². The fourth-order valence-corrected chi connectivity index (χ4v) is 3.39. The molecule has 13 heteroatoms. The molecule has 2 N–H and O–H groups in total. The van der Waals surface area contributed by atoms with Crippen LogP contribution in [-0.2, 0) is 13.2 Å². The monoisotopic (exact) mass is 456 g/mol. The lowest BCUT2D eigenvalue weighted by Crippen LogP contribution is -2.27. The van der Waals surface area contributed by atoms with Crippen LogP contribution in [0.15, 0.2) is 41.3 Å². The second kappa shape index (κ2) is 7.39. The van der Waals surface area contributed by atoms with E-state index in [1.165, 1.54) is 23.3 Å². The Labute approximate surface area is 182 Å². The van der Waals surface area contributed by atoms with Gasteiger partial charge in [0.2, 0.25) is 0 Å². The normalized spacial score (nSPS) is 13.0. The van der Waals surface area contributed by atoms with Crippen LogP contribution < -0.4 is 5.32 Å². The number of aromatic nitrogens is 7. The van der Waals surface area contributed by atoms with E-state index in [1.54, 1.807) is 20.0 Å². The summed E-state index contributed by atoms with van der Waals surface area (Å²) in [7, 11) is 1.71. The molecule has 4 aromatic heterocycles. The quantitative estimate of drug-likeness (QED) is 0.424. The van der Waals surface area contributed by atoms with Gasteiger partial charge < -0.3 is 14.8 Å². The van der Waals surface area contributed by atoms with Crippen LogP contribution in [0.25, 0.3) is 33.6 Å². The SMILES string of the molecule is C[C@@H](NC(=O)c1ncnc2c1cnn2C)c1cc(-c2nc3ccc(C(F)(F)F)cc3[nH]2)no1. The molecule has 33 heavy (non-hydrogen) atoms. The van der Waals surface area contributed by atoms with Crippen molar-refractivity contribution in [3.8, 4) is 11.5 Å². The average molecular weight is 456 g/mol. The van der Waals surface area contributed by atoms with Crippen LogP contribution in [0.3, 0.4) is 0 Å². The number of fused-ring (bicyclic) bond motifs is 2. The van der Waals surface area contributed by atoms with Crippen LogP contribution in [0.5, 0.6) is 0 Å². The zero-order valence-corrected chi connectivity index (χ0v) is 17.2. The van der Waals surface area contributed by atoms with Gasteiger partial charge >= 0.3 is 6.18 Å². The molecule has 168 valence electrons. The Morgan fingerprint density at radius 2 is 2.06 bits per heavy atom. The first-order chi connectivity index (χ1) is 15.7. The van der Waals surface area contributed by atoms with Crippen molar-refractivity contribution in [3.63, 3.8) is 0 Å². The third-order valence-electron chi connectivity index (χ3n) is 5.10.